The molecule has 0 saturated carbocycles. The fourth-order valence-electron chi connectivity index (χ4n) is 4.31. The van der Waals surface area contributed by atoms with E-state index in [2.05, 4.69) is 24.1 Å². The second-order valence-electron chi connectivity index (χ2n) is 8.18. The second kappa shape index (κ2) is 8.71. The normalized spacial score (nSPS) is 25.3. The van der Waals surface area contributed by atoms with Crippen molar-refractivity contribution in [1.29, 1.82) is 0 Å². The SMILES string of the molecule is C[C@@H]1C[C@@H](C)CN(CC(=O)Nc2cccc(S(=O)(=O)N3CCCCC3)c2)C1. The van der Waals surface area contributed by atoms with E-state index in [0.29, 0.717) is 37.2 Å². The molecule has 1 aromatic carbocycles. The van der Waals surface area contributed by atoms with Gasteiger partial charge in [0.25, 0.3) is 0 Å². The van der Waals surface area contributed by atoms with Gasteiger partial charge >= 0.3 is 0 Å². The van der Waals surface area contributed by atoms with E-state index in [1.54, 1.807) is 28.6 Å². The van der Waals surface area contributed by atoms with Crippen LogP contribution in [0.15, 0.2) is 29.2 Å². The zero-order chi connectivity index (χ0) is 19.4. The van der Waals surface area contributed by atoms with Gasteiger partial charge in [-0.05, 0) is 49.3 Å². The summed E-state index contributed by atoms with van der Waals surface area (Å²) >= 11 is 0. The van der Waals surface area contributed by atoms with E-state index >= 15 is 0 Å². The first kappa shape index (κ1) is 20.3. The van der Waals surface area contributed by atoms with Crippen LogP contribution in [0.5, 0.6) is 0 Å². The summed E-state index contributed by atoms with van der Waals surface area (Å²) in [6, 6.07) is 6.61. The average molecular weight is 394 g/mol. The molecule has 1 N–H and O–H groups in total. The molecule has 3 rings (SSSR count). The van der Waals surface area contributed by atoms with Crippen LogP contribution in [-0.2, 0) is 14.8 Å². The molecular weight excluding hydrogens is 362 g/mol. The van der Waals surface area contributed by atoms with E-state index in [1.165, 1.54) is 6.42 Å². The van der Waals surface area contributed by atoms with Gasteiger partial charge in [-0.2, -0.15) is 4.31 Å². The highest BCUT2D eigenvalue weighted by molar-refractivity contribution is 7.89. The topological polar surface area (TPSA) is 69.7 Å². The summed E-state index contributed by atoms with van der Waals surface area (Å²) in [5.41, 5.74) is 0.538. The van der Waals surface area contributed by atoms with Crippen LogP contribution < -0.4 is 5.32 Å². The monoisotopic (exact) mass is 393 g/mol. The maximum atomic E-state index is 12.8. The van der Waals surface area contributed by atoms with Gasteiger partial charge in [-0.1, -0.05) is 26.3 Å². The Morgan fingerprint density at radius 3 is 2.44 bits per heavy atom. The van der Waals surface area contributed by atoms with Gasteiger partial charge in [0.2, 0.25) is 15.9 Å². The molecule has 6 nitrogen and oxygen atoms in total. The molecule has 0 aliphatic carbocycles. The maximum absolute atomic E-state index is 12.8. The van der Waals surface area contributed by atoms with Gasteiger partial charge in [0.1, 0.15) is 0 Å². The summed E-state index contributed by atoms with van der Waals surface area (Å²) in [6.45, 7) is 7.79. The molecule has 0 spiro atoms. The highest BCUT2D eigenvalue weighted by Crippen LogP contribution is 2.23. The highest BCUT2D eigenvalue weighted by atomic mass is 32.2. The largest absolute Gasteiger partial charge is 0.325 e. The molecule has 27 heavy (non-hydrogen) atoms. The van der Waals surface area contributed by atoms with Gasteiger partial charge in [-0.15, -0.1) is 0 Å². The van der Waals surface area contributed by atoms with Crippen molar-refractivity contribution in [2.75, 3.05) is 38.0 Å². The zero-order valence-corrected chi connectivity index (χ0v) is 17.2. The number of piperidine rings is 2. The number of benzene rings is 1. The number of nitrogens with one attached hydrogen (secondary N) is 1. The van der Waals surface area contributed by atoms with Crippen molar-refractivity contribution in [1.82, 2.24) is 9.21 Å². The van der Waals surface area contributed by atoms with Crippen molar-refractivity contribution in [3.63, 3.8) is 0 Å². The standard InChI is InChI=1S/C20H31N3O3S/c1-16-11-17(2)14-22(13-16)15-20(24)21-18-7-6-8-19(12-18)27(25,26)23-9-4-3-5-10-23/h6-8,12,16-17H,3-5,9-11,13-15H2,1-2H3,(H,21,24)/t16-,17-/m1/s1. The Hall–Kier alpha value is -1.44. The van der Waals surface area contributed by atoms with Crippen LogP contribution in [0, 0.1) is 11.8 Å². The van der Waals surface area contributed by atoms with Gasteiger partial charge < -0.3 is 5.32 Å². The van der Waals surface area contributed by atoms with Gasteiger partial charge in [0, 0.05) is 31.9 Å². The minimum absolute atomic E-state index is 0.0937. The lowest BCUT2D eigenvalue weighted by Gasteiger charge is -2.34. The molecule has 2 aliphatic rings. The number of carbonyl (C=O) groups excluding carboxylic acids is 1. The lowest BCUT2D eigenvalue weighted by Crippen LogP contribution is -2.42. The van der Waals surface area contributed by atoms with E-state index in [-0.39, 0.29) is 10.8 Å². The third-order valence-corrected chi connectivity index (χ3v) is 7.28. The molecule has 2 fully saturated rings. The van der Waals surface area contributed by atoms with Crippen molar-refractivity contribution < 1.29 is 13.2 Å². The summed E-state index contributed by atoms with van der Waals surface area (Å²) in [5, 5.41) is 2.87. The minimum atomic E-state index is -3.49. The van der Waals surface area contributed by atoms with Crippen LogP contribution in [0.4, 0.5) is 5.69 Å². The number of carbonyl (C=O) groups is 1. The van der Waals surface area contributed by atoms with E-state index in [1.807, 2.05) is 0 Å². The molecule has 2 saturated heterocycles. The molecule has 0 aromatic heterocycles. The lowest BCUT2D eigenvalue weighted by molar-refractivity contribution is -0.117. The van der Waals surface area contributed by atoms with Gasteiger partial charge in [-0.25, -0.2) is 8.42 Å². The summed E-state index contributed by atoms with van der Waals surface area (Å²) in [6.07, 6.45) is 4.09. The van der Waals surface area contributed by atoms with Crippen LogP contribution in [0.1, 0.15) is 39.5 Å². The van der Waals surface area contributed by atoms with Crippen molar-refractivity contribution in [2.45, 2.75) is 44.4 Å². The van der Waals surface area contributed by atoms with E-state index < -0.39 is 10.0 Å². The summed E-state index contributed by atoms with van der Waals surface area (Å²) in [7, 11) is -3.49. The molecule has 2 aliphatic heterocycles. The Morgan fingerprint density at radius 2 is 1.78 bits per heavy atom. The molecule has 0 bridgehead atoms. The molecule has 1 aromatic rings. The predicted molar refractivity (Wildman–Crippen MR) is 107 cm³/mol. The smallest absolute Gasteiger partial charge is 0.243 e. The van der Waals surface area contributed by atoms with Crippen LogP contribution >= 0.6 is 0 Å². The molecular formula is C20H31N3O3S. The minimum Gasteiger partial charge on any atom is -0.325 e. The second-order valence-corrected chi connectivity index (χ2v) is 10.1. The number of likely N-dealkylation sites (tertiary alicyclic amines) is 1. The van der Waals surface area contributed by atoms with Crippen LogP contribution in [0.3, 0.4) is 0 Å². The summed E-state index contributed by atoms with van der Waals surface area (Å²) in [5.74, 6) is 1.10. The maximum Gasteiger partial charge on any atom is 0.243 e. The van der Waals surface area contributed by atoms with Crippen molar-refractivity contribution in [2.24, 2.45) is 11.8 Å². The number of amides is 1. The Balaban J connectivity index is 1.64. The molecule has 1 amide bonds. The highest BCUT2D eigenvalue weighted by Gasteiger charge is 2.26. The predicted octanol–water partition coefficient (Wildman–Crippen LogP) is 2.78. The van der Waals surface area contributed by atoms with Crippen molar-refractivity contribution in [3.05, 3.63) is 24.3 Å². The fraction of sp³-hybridized carbons (Fsp3) is 0.650. The Bertz CT molecular complexity index is 749. The average Bonchev–Trinajstić information content (AvgIpc) is 2.61. The molecule has 7 heteroatoms. The third-order valence-electron chi connectivity index (χ3n) is 5.38. The van der Waals surface area contributed by atoms with Crippen LogP contribution in [0.25, 0.3) is 0 Å². The number of hydrogen-bond acceptors (Lipinski definition) is 4. The number of rotatable bonds is 5. The molecule has 2 heterocycles. The first-order valence-electron chi connectivity index (χ1n) is 9.97. The van der Waals surface area contributed by atoms with Crippen molar-refractivity contribution in [3.8, 4) is 0 Å². The van der Waals surface area contributed by atoms with Gasteiger partial charge in [0.05, 0.1) is 11.4 Å². The van der Waals surface area contributed by atoms with E-state index in [4.69, 9.17) is 0 Å². The van der Waals surface area contributed by atoms with Crippen LogP contribution in [-0.4, -0.2) is 56.3 Å². The molecule has 150 valence electrons. The number of hydrogen-bond donors (Lipinski definition) is 1. The first-order chi connectivity index (χ1) is 12.8. The summed E-state index contributed by atoms with van der Waals surface area (Å²) in [4.78, 5) is 14.9. The van der Waals surface area contributed by atoms with Gasteiger partial charge in [-0.3, -0.25) is 9.69 Å². The van der Waals surface area contributed by atoms with Crippen molar-refractivity contribution >= 4 is 21.6 Å². The number of sulfonamides is 1. The molecule has 0 radical (unpaired) electrons. The third kappa shape index (κ3) is 5.30. The van der Waals surface area contributed by atoms with E-state index in [0.717, 1.165) is 32.4 Å². The Labute approximate surface area is 163 Å². The lowest BCUT2D eigenvalue weighted by atomic mass is 9.92. The molecule has 0 unspecified atom stereocenters. The number of anilines is 1. The quantitative estimate of drug-likeness (QED) is 0.835. The zero-order valence-electron chi connectivity index (χ0n) is 16.4. The molecule has 2 atom stereocenters. The van der Waals surface area contributed by atoms with E-state index in [9.17, 15) is 13.2 Å². The fourth-order valence-corrected chi connectivity index (χ4v) is 5.88. The Morgan fingerprint density at radius 1 is 1.11 bits per heavy atom. The summed E-state index contributed by atoms with van der Waals surface area (Å²) < 4.78 is 27.2. The van der Waals surface area contributed by atoms with Crippen LogP contribution in [0.2, 0.25) is 0 Å². The first-order valence-corrected chi connectivity index (χ1v) is 11.4. The van der Waals surface area contributed by atoms with Gasteiger partial charge in [0.15, 0.2) is 0 Å². The number of nitrogens with zero attached hydrogens (tertiary/aromatic N) is 2. The Kier molecular flexibility index (Phi) is 6.55.